The highest BCUT2D eigenvalue weighted by atomic mass is 19.1. The molecule has 0 fully saturated rings. The monoisotopic (exact) mass is 341 g/mol. The van der Waals surface area contributed by atoms with Crippen LogP contribution in [0.15, 0.2) is 60.7 Å². The zero-order chi connectivity index (χ0) is 17.8. The van der Waals surface area contributed by atoms with Crippen molar-refractivity contribution in [3.05, 3.63) is 77.9 Å². The van der Waals surface area contributed by atoms with Gasteiger partial charge in [-0.1, -0.05) is 48.5 Å². The van der Waals surface area contributed by atoms with E-state index in [2.05, 4.69) is 5.32 Å². The number of para-hydroxylation sites is 1. The number of fused-ring (bicyclic) bond motifs is 1. The SMILES string of the molecule is C[C@@H]([NH2+]CC(=O)Nc1c(F)cccc1F)c1cccc2ccccc12. The summed E-state index contributed by atoms with van der Waals surface area (Å²) < 4.78 is 27.2. The summed E-state index contributed by atoms with van der Waals surface area (Å²) in [6.07, 6.45) is 0. The molecule has 1 atom stereocenters. The van der Waals surface area contributed by atoms with Crippen LogP contribution in [0, 0.1) is 11.6 Å². The van der Waals surface area contributed by atoms with Crippen molar-refractivity contribution in [2.45, 2.75) is 13.0 Å². The van der Waals surface area contributed by atoms with Crippen LogP contribution in [0.25, 0.3) is 10.8 Å². The molecule has 0 saturated carbocycles. The van der Waals surface area contributed by atoms with Gasteiger partial charge in [-0.25, -0.2) is 8.78 Å². The van der Waals surface area contributed by atoms with Crippen LogP contribution in [0.5, 0.6) is 0 Å². The molecule has 0 aliphatic heterocycles. The van der Waals surface area contributed by atoms with Crippen molar-refractivity contribution in [3.63, 3.8) is 0 Å². The fourth-order valence-electron chi connectivity index (χ4n) is 2.87. The lowest BCUT2D eigenvalue weighted by Crippen LogP contribution is -2.86. The molecule has 0 unspecified atom stereocenters. The van der Waals surface area contributed by atoms with Gasteiger partial charge in [-0.15, -0.1) is 0 Å². The lowest BCUT2D eigenvalue weighted by molar-refractivity contribution is -0.682. The van der Waals surface area contributed by atoms with E-state index in [0.29, 0.717) is 0 Å². The van der Waals surface area contributed by atoms with E-state index in [-0.39, 0.29) is 12.6 Å². The maximum atomic E-state index is 13.6. The molecule has 3 rings (SSSR count). The first-order valence-corrected chi connectivity index (χ1v) is 8.11. The first kappa shape index (κ1) is 17.0. The maximum absolute atomic E-state index is 13.6. The Labute approximate surface area is 144 Å². The second-order valence-corrected chi connectivity index (χ2v) is 5.94. The van der Waals surface area contributed by atoms with Gasteiger partial charge in [-0.3, -0.25) is 4.79 Å². The summed E-state index contributed by atoms with van der Waals surface area (Å²) in [6.45, 7) is 2.07. The van der Waals surface area contributed by atoms with Gasteiger partial charge in [0.2, 0.25) is 0 Å². The summed E-state index contributed by atoms with van der Waals surface area (Å²) >= 11 is 0. The molecule has 5 heteroatoms. The minimum Gasteiger partial charge on any atom is -0.332 e. The molecule has 25 heavy (non-hydrogen) atoms. The molecule has 0 heterocycles. The minimum atomic E-state index is -0.782. The third-order valence-electron chi connectivity index (χ3n) is 4.20. The van der Waals surface area contributed by atoms with E-state index < -0.39 is 23.2 Å². The van der Waals surface area contributed by atoms with Gasteiger partial charge in [0.15, 0.2) is 6.54 Å². The van der Waals surface area contributed by atoms with E-state index in [1.807, 2.05) is 54.7 Å². The minimum absolute atomic E-state index is 0.0299. The fourth-order valence-corrected chi connectivity index (χ4v) is 2.87. The fraction of sp³-hybridized carbons (Fsp3) is 0.150. The van der Waals surface area contributed by atoms with Gasteiger partial charge in [0.25, 0.3) is 5.91 Å². The van der Waals surface area contributed by atoms with Gasteiger partial charge in [-0.05, 0) is 29.8 Å². The van der Waals surface area contributed by atoms with Crippen molar-refractivity contribution in [1.82, 2.24) is 0 Å². The van der Waals surface area contributed by atoms with Gasteiger partial charge in [0.1, 0.15) is 23.4 Å². The van der Waals surface area contributed by atoms with Gasteiger partial charge in [0, 0.05) is 5.56 Å². The van der Waals surface area contributed by atoms with E-state index in [1.165, 1.54) is 6.07 Å². The molecule has 0 aliphatic rings. The topological polar surface area (TPSA) is 45.7 Å². The number of rotatable bonds is 5. The van der Waals surface area contributed by atoms with Crippen molar-refractivity contribution in [2.24, 2.45) is 0 Å². The third kappa shape index (κ3) is 3.83. The molecule has 0 aliphatic carbocycles. The number of nitrogens with one attached hydrogen (secondary N) is 1. The van der Waals surface area contributed by atoms with Crippen LogP contribution in [0.3, 0.4) is 0 Å². The molecule has 1 amide bonds. The Hall–Kier alpha value is -2.79. The summed E-state index contributed by atoms with van der Waals surface area (Å²) in [6, 6.07) is 17.6. The van der Waals surface area contributed by atoms with Crippen molar-refractivity contribution < 1.29 is 18.9 Å². The number of benzene rings is 3. The molecule has 3 nitrogen and oxygen atoms in total. The molecule has 3 aromatic carbocycles. The normalized spacial score (nSPS) is 12.1. The lowest BCUT2D eigenvalue weighted by Gasteiger charge is -2.14. The first-order chi connectivity index (χ1) is 12.1. The van der Waals surface area contributed by atoms with Gasteiger partial charge < -0.3 is 10.6 Å². The Morgan fingerprint density at radius 3 is 2.40 bits per heavy atom. The zero-order valence-corrected chi connectivity index (χ0v) is 13.8. The number of quaternary nitrogens is 1. The first-order valence-electron chi connectivity index (χ1n) is 8.11. The van der Waals surface area contributed by atoms with E-state index in [0.717, 1.165) is 28.5 Å². The van der Waals surface area contributed by atoms with E-state index >= 15 is 0 Å². The van der Waals surface area contributed by atoms with Crippen molar-refractivity contribution in [3.8, 4) is 0 Å². The third-order valence-corrected chi connectivity index (χ3v) is 4.20. The van der Waals surface area contributed by atoms with E-state index in [1.54, 1.807) is 0 Å². The second kappa shape index (κ2) is 7.40. The van der Waals surface area contributed by atoms with Crippen molar-refractivity contribution in [1.29, 1.82) is 0 Å². The number of carbonyl (C=O) groups is 1. The van der Waals surface area contributed by atoms with Gasteiger partial charge in [0.05, 0.1) is 0 Å². The lowest BCUT2D eigenvalue weighted by atomic mass is 10.00. The average molecular weight is 341 g/mol. The Kier molecular flexibility index (Phi) is 5.05. The van der Waals surface area contributed by atoms with Crippen LogP contribution < -0.4 is 10.6 Å². The molecular weight excluding hydrogens is 322 g/mol. The molecule has 0 spiro atoms. The summed E-state index contributed by atoms with van der Waals surface area (Å²) in [7, 11) is 0. The molecule has 0 bridgehead atoms. The van der Waals surface area contributed by atoms with Crippen LogP contribution in [-0.2, 0) is 4.79 Å². The Morgan fingerprint density at radius 1 is 1.00 bits per heavy atom. The molecular formula is C20H19F2N2O+. The standard InChI is InChI=1S/C20H18F2N2O/c1-13(15-9-4-7-14-6-2-3-8-16(14)15)23-12-19(25)24-20-17(21)10-5-11-18(20)22/h2-11,13,23H,12H2,1H3,(H,24,25)/p+1/t13-/m1/s1. The maximum Gasteiger partial charge on any atom is 0.279 e. The number of amides is 1. The number of hydrogen-bond acceptors (Lipinski definition) is 1. The van der Waals surface area contributed by atoms with Gasteiger partial charge in [-0.2, -0.15) is 0 Å². The highest BCUT2D eigenvalue weighted by Crippen LogP contribution is 2.22. The van der Waals surface area contributed by atoms with Crippen LogP contribution in [-0.4, -0.2) is 12.5 Å². The highest BCUT2D eigenvalue weighted by molar-refractivity contribution is 5.91. The number of halogens is 2. The molecule has 3 N–H and O–H groups in total. The van der Waals surface area contributed by atoms with Crippen LogP contribution in [0.4, 0.5) is 14.5 Å². The van der Waals surface area contributed by atoms with Crippen LogP contribution >= 0.6 is 0 Å². The van der Waals surface area contributed by atoms with Crippen LogP contribution in [0.1, 0.15) is 18.5 Å². The predicted molar refractivity (Wildman–Crippen MR) is 94.1 cm³/mol. The van der Waals surface area contributed by atoms with Crippen molar-refractivity contribution >= 4 is 22.4 Å². The predicted octanol–water partition coefficient (Wildman–Crippen LogP) is 3.38. The molecule has 0 aromatic heterocycles. The van der Waals surface area contributed by atoms with E-state index in [9.17, 15) is 13.6 Å². The number of nitrogens with two attached hydrogens (primary N) is 1. The second-order valence-electron chi connectivity index (χ2n) is 5.94. The smallest absolute Gasteiger partial charge is 0.279 e. The van der Waals surface area contributed by atoms with Gasteiger partial charge >= 0.3 is 0 Å². The zero-order valence-electron chi connectivity index (χ0n) is 13.8. The number of anilines is 1. The number of carbonyl (C=O) groups excluding carboxylic acids is 1. The van der Waals surface area contributed by atoms with E-state index in [4.69, 9.17) is 0 Å². The molecule has 0 radical (unpaired) electrons. The Bertz CT molecular complexity index is 886. The summed E-state index contributed by atoms with van der Waals surface area (Å²) in [5.74, 6) is -2.01. The van der Waals surface area contributed by atoms with Crippen LogP contribution in [0.2, 0.25) is 0 Å². The Balaban J connectivity index is 1.67. The largest absolute Gasteiger partial charge is 0.332 e. The summed E-state index contributed by atoms with van der Waals surface area (Å²) in [4.78, 5) is 12.0. The quantitative estimate of drug-likeness (QED) is 0.734. The number of hydrogen-bond donors (Lipinski definition) is 2. The average Bonchev–Trinajstić information content (AvgIpc) is 2.62. The summed E-state index contributed by atoms with van der Waals surface area (Å²) in [5.41, 5.74) is 0.710. The highest BCUT2D eigenvalue weighted by Gasteiger charge is 2.16. The molecule has 128 valence electrons. The van der Waals surface area contributed by atoms with Crippen molar-refractivity contribution in [2.75, 3.05) is 11.9 Å². The molecule has 3 aromatic rings. The summed E-state index contributed by atoms with van der Waals surface area (Å²) in [5, 5.41) is 6.42. The molecule has 0 saturated heterocycles. The Morgan fingerprint density at radius 2 is 1.64 bits per heavy atom.